The van der Waals surface area contributed by atoms with Crippen LogP contribution in [0.1, 0.15) is 35.3 Å². The molecule has 4 rings (SSSR count). The quantitative estimate of drug-likeness (QED) is 0.429. The summed E-state index contributed by atoms with van der Waals surface area (Å²) in [6, 6.07) is 15.0. The molecular weight excluding hydrogens is 428 g/mol. The number of carbonyl (C=O) groups excluding carboxylic acids is 1. The lowest BCUT2D eigenvalue weighted by molar-refractivity contribution is 0.104. The minimum absolute atomic E-state index is 0.178. The van der Waals surface area contributed by atoms with Gasteiger partial charge in [0.05, 0.1) is 13.4 Å². The van der Waals surface area contributed by atoms with Crippen LogP contribution in [0.15, 0.2) is 76.4 Å². The van der Waals surface area contributed by atoms with E-state index in [1.807, 2.05) is 18.2 Å². The predicted molar refractivity (Wildman–Crippen MR) is 122 cm³/mol. The fraction of sp³-hybridized carbons (Fsp3) is 0.208. The van der Waals surface area contributed by atoms with Gasteiger partial charge in [-0.1, -0.05) is 6.07 Å². The van der Waals surface area contributed by atoms with Gasteiger partial charge in [0.25, 0.3) is 10.0 Å². The van der Waals surface area contributed by atoms with E-state index in [2.05, 4.69) is 23.9 Å². The standard InChI is InChI=1S/C24H24N2O5S/c1-24(2)15-17-8-11-19(30-3)13-20(17)21(25-24)14-22(27)16-6-9-18(10-7-16)26-32(28,29)23-5-4-12-31-23/h4-14,25-26H,15H2,1-3H3. The maximum absolute atomic E-state index is 13.0. The average molecular weight is 453 g/mol. The van der Waals surface area contributed by atoms with Gasteiger partial charge in [-0.25, -0.2) is 0 Å². The van der Waals surface area contributed by atoms with Crippen molar-refractivity contribution in [2.24, 2.45) is 0 Å². The number of methoxy groups -OCH3 is 1. The van der Waals surface area contributed by atoms with Gasteiger partial charge in [-0.05, 0) is 74.4 Å². The topological polar surface area (TPSA) is 97.6 Å². The highest BCUT2D eigenvalue weighted by Gasteiger charge is 2.28. The molecule has 1 aromatic heterocycles. The Kier molecular flexibility index (Phi) is 5.56. The molecule has 0 unspecified atom stereocenters. The number of fused-ring (bicyclic) bond motifs is 1. The van der Waals surface area contributed by atoms with Crippen LogP contribution in [-0.2, 0) is 16.4 Å². The van der Waals surface area contributed by atoms with Crippen LogP contribution in [0.25, 0.3) is 5.70 Å². The molecule has 7 nitrogen and oxygen atoms in total. The lowest BCUT2D eigenvalue weighted by atomic mass is 9.85. The van der Waals surface area contributed by atoms with E-state index in [1.165, 1.54) is 18.4 Å². The SMILES string of the molecule is COc1ccc2c(c1)C(=CC(=O)c1ccc(NS(=O)(=O)c3ccco3)cc1)NC(C)(C)C2. The Morgan fingerprint density at radius 2 is 1.91 bits per heavy atom. The van der Waals surface area contributed by atoms with E-state index in [4.69, 9.17) is 9.15 Å². The number of sulfonamides is 1. The molecule has 0 atom stereocenters. The number of benzene rings is 2. The van der Waals surface area contributed by atoms with Crippen molar-refractivity contribution in [3.63, 3.8) is 0 Å². The fourth-order valence-electron chi connectivity index (χ4n) is 3.69. The van der Waals surface area contributed by atoms with E-state index in [9.17, 15) is 13.2 Å². The number of ketones is 1. The first-order valence-corrected chi connectivity index (χ1v) is 11.5. The van der Waals surface area contributed by atoms with Crippen molar-refractivity contribution >= 4 is 27.2 Å². The Morgan fingerprint density at radius 3 is 2.56 bits per heavy atom. The summed E-state index contributed by atoms with van der Waals surface area (Å²) in [5, 5.41) is 3.26. The molecule has 0 saturated carbocycles. The zero-order chi connectivity index (χ0) is 22.9. The number of nitrogens with one attached hydrogen (secondary N) is 2. The molecule has 2 aromatic carbocycles. The first-order chi connectivity index (χ1) is 15.2. The Labute approximate surface area is 187 Å². The van der Waals surface area contributed by atoms with Crippen LogP contribution in [0, 0.1) is 0 Å². The third kappa shape index (κ3) is 4.55. The number of rotatable bonds is 6. The van der Waals surface area contributed by atoms with Crippen molar-refractivity contribution in [1.82, 2.24) is 5.32 Å². The van der Waals surface area contributed by atoms with E-state index in [-0.39, 0.29) is 16.4 Å². The van der Waals surface area contributed by atoms with Gasteiger partial charge >= 0.3 is 0 Å². The molecule has 1 aliphatic heterocycles. The third-order valence-electron chi connectivity index (χ3n) is 5.17. The summed E-state index contributed by atoms with van der Waals surface area (Å²) in [5.74, 6) is 0.524. The fourth-order valence-corrected chi connectivity index (χ4v) is 4.68. The van der Waals surface area contributed by atoms with Crippen LogP contribution in [0.3, 0.4) is 0 Å². The van der Waals surface area contributed by atoms with Gasteiger partial charge in [0.2, 0.25) is 5.09 Å². The van der Waals surface area contributed by atoms with E-state index < -0.39 is 10.0 Å². The molecule has 0 spiro atoms. The van der Waals surface area contributed by atoms with Crippen LogP contribution >= 0.6 is 0 Å². The molecule has 32 heavy (non-hydrogen) atoms. The Morgan fingerprint density at radius 1 is 1.16 bits per heavy atom. The molecule has 0 radical (unpaired) electrons. The van der Waals surface area contributed by atoms with Crippen LogP contribution < -0.4 is 14.8 Å². The first kappa shape index (κ1) is 21.7. The number of allylic oxidation sites excluding steroid dienone is 1. The van der Waals surface area contributed by atoms with Crippen LogP contribution in [0.2, 0.25) is 0 Å². The minimum Gasteiger partial charge on any atom is -0.497 e. The number of hydrogen-bond acceptors (Lipinski definition) is 6. The van der Waals surface area contributed by atoms with Gasteiger partial charge in [-0.2, -0.15) is 8.42 Å². The second-order valence-electron chi connectivity index (χ2n) is 8.25. The van der Waals surface area contributed by atoms with Crippen LogP contribution in [-0.4, -0.2) is 26.8 Å². The molecule has 0 bridgehead atoms. The summed E-state index contributed by atoms with van der Waals surface area (Å²) in [5.41, 5.74) is 3.35. The predicted octanol–water partition coefficient (Wildman–Crippen LogP) is 4.24. The molecule has 3 aromatic rings. The van der Waals surface area contributed by atoms with Crippen molar-refractivity contribution in [3.8, 4) is 5.75 Å². The Hall–Kier alpha value is -3.52. The number of furan rings is 1. The van der Waals surface area contributed by atoms with Gasteiger partial charge < -0.3 is 14.5 Å². The second-order valence-corrected chi connectivity index (χ2v) is 9.86. The largest absolute Gasteiger partial charge is 0.497 e. The van der Waals surface area contributed by atoms with Crippen molar-refractivity contribution in [3.05, 3.63) is 83.6 Å². The van der Waals surface area contributed by atoms with Crippen molar-refractivity contribution in [1.29, 1.82) is 0 Å². The lowest BCUT2D eigenvalue weighted by Gasteiger charge is -2.35. The Balaban J connectivity index is 1.59. The second kappa shape index (κ2) is 8.20. The molecule has 1 aliphatic rings. The first-order valence-electron chi connectivity index (χ1n) is 10.0. The van der Waals surface area contributed by atoms with Crippen molar-refractivity contribution < 1.29 is 22.4 Å². The van der Waals surface area contributed by atoms with E-state index in [0.29, 0.717) is 11.3 Å². The molecule has 2 N–H and O–H groups in total. The number of ether oxygens (including phenoxy) is 1. The van der Waals surface area contributed by atoms with Gasteiger partial charge in [0.1, 0.15) is 5.75 Å². The smallest absolute Gasteiger partial charge is 0.295 e. The summed E-state index contributed by atoms with van der Waals surface area (Å²) in [4.78, 5) is 13.0. The third-order valence-corrected chi connectivity index (χ3v) is 6.44. The molecule has 0 aliphatic carbocycles. The van der Waals surface area contributed by atoms with Gasteiger partial charge in [-0.3, -0.25) is 9.52 Å². The lowest BCUT2D eigenvalue weighted by Crippen LogP contribution is -2.43. The van der Waals surface area contributed by atoms with Gasteiger partial charge in [0, 0.05) is 34.1 Å². The minimum atomic E-state index is -3.81. The summed E-state index contributed by atoms with van der Waals surface area (Å²) in [6.45, 7) is 4.16. The van der Waals surface area contributed by atoms with Crippen LogP contribution in [0.4, 0.5) is 5.69 Å². The molecular formula is C24H24N2O5S. The Bertz CT molecular complexity index is 1270. The summed E-state index contributed by atoms with van der Waals surface area (Å²) in [7, 11) is -2.20. The number of carbonyl (C=O) groups is 1. The highest BCUT2D eigenvalue weighted by Crippen LogP contribution is 2.32. The summed E-state index contributed by atoms with van der Waals surface area (Å²) >= 11 is 0. The molecule has 0 amide bonds. The maximum atomic E-state index is 13.0. The molecule has 2 heterocycles. The van der Waals surface area contributed by atoms with Gasteiger partial charge in [0.15, 0.2) is 5.78 Å². The zero-order valence-corrected chi connectivity index (χ0v) is 18.8. The van der Waals surface area contributed by atoms with E-state index in [0.717, 1.165) is 29.0 Å². The summed E-state index contributed by atoms with van der Waals surface area (Å²) in [6.07, 6.45) is 3.68. The zero-order valence-electron chi connectivity index (χ0n) is 18.0. The van der Waals surface area contributed by atoms with Crippen molar-refractivity contribution in [2.45, 2.75) is 30.9 Å². The van der Waals surface area contributed by atoms with E-state index in [1.54, 1.807) is 37.5 Å². The highest BCUT2D eigenvalue weighted by atomic mass is 32.2. The normalized spacial score (nSPS) is 16.2. The molecule has 166 valence electrons. The van der Waals surface area contributed by atoms with Crippen LogP contribution in [0.5, 0.6) is 5.75 Å². The number of anilines is 1. The average Bonchev–Trinajstić information content (AvgIpc) is 3.29. The maximum Gasteiger partial charge on any atom is 0.295 e. The monoisotopic (exact) mass is 452 g/mol. The molecule has 0 fully saturated rings. The van der Waals surface area contributed by atoms with E-state index >= 15 is 0 Å². The van der Waals surface area contributed by atoms with Gasteiger partial charge in [-0.15, -0.1) is 0 Å². The molecule has 0 saturated heterocycles. The van der Waals surface area contributed by atoms with Crippen molar-refractivity contribution in [2.75, 3.05) is 11.8 Å². The summed E-state index contributed by atoms with van der Waals surface area (Å²) < 4.78 is 37.3. The molecule has 8 heteroatoms. The number of hydrogen-bond donors (Lipinski definition) is 2. The highest BCUT2D eigenvalue weighted by molar-refractivity contribution is 7.92.